The predicted octanol–water partition coefficient (Wildman–Crippen LogP) is 17.6. The first-order valence-corrected chi connectivity index (χ1v) is 23.8. The van der Waals surface area contributed by atoms with Crippen LogP contribution in [0.3, 0.4) is 0 Å². The highest BCUT2D eigenvalue weighted by molar-refractivity contribution is 7.60. The molecule has 270 valence electrons. The van der Waals surface area contributed by atoms with E-state index >= 15 is 0 Å². The zero-order valence-corrected chi connectivity index (χ0v) is 34.0. The van der Waals surface area contributed by atoms with Crippen molar-refractivity contribution >= 4 is 111 Å². The molecule has 13 rings (SSSR count). The third kappa shape index (κ3) is 4.32. The van der Waals surface area contributed by atoms with Crippen molar-refractivity contribution in [3.8, 4) is 33.4 Å². The third-order valence-electron chi connectivity index (χ3n) is 13.3. The standard InChI is InChI=1S/C56H36P2/c1-57-50-27-5-3-16-38(50)45-25-11-23-43(55(45)57)36-18-9-21-40-47(36)32-48-37(44-24-12-26-46-39-17-4-6-28-51(39)58(2)56(44)46)19-10-22-41(48)54(40)49-31-35-15-7-13-33-29-30-34-14-8-20-42(49)53(34)52(33)35/h3-32H,1-2H3. The van der Waals surface area contributed by atoms with Crippen LogP contribution in [0.25, 0.3) is 129 Å². The van der Waals surface area contributed by atoms with E-state index in [1.807, 2.05) is 0 Å². The van der Waals surface area contributed by atoms with Gasteiger partial charge in [-0.1, -0.05) is 170 Å². The summed E-state index contributed by atoms with van der Waals surface area (Å²) >= 11 is 0. The lowest BCUT2D eigenvalue weighted by Gasteiger charge is -2.21. The largest absolute Gasteiger partial charge is 0.111 e. The first-order chi connectivity index (χ1) is 28.6. The summed E-state index contributed by atoms with van der Waals surface area (Å²) in [4.78, 5) is 0. The van der Waals surface area contributed by atoms with Gasteiger partial charge in [-0.3, -0.25) is 0 Å². The summed E-state index contributed by atoms with van der Waals surface area (Å²) in [5, 5.41) is 24.7. The molecule has 13 aromatic rings. The summed E-state index contributed by atoms with van der Waals surface area (Å²) < 4.78 is 0. The van der Waals surface area contributed by atoms with E-state index in [1.54, 1.807) is 0 Å². The van der Waals surface area contributed by atoms with Crippen LogP contribution in [0.1, 0.15) is 0 Å². The molecule has 0 bridgehead atoms. The van der Waals surface area contributed by atoms with Crippen molar-refractivity contribution in [1.82, 2.24) is 0 Å². The average Bonchev–Trinajstić information content (AvgIpc) is 3.74. The first kappa shape index (κ1) is 32.6. The number of hydrogen-bond donors (Lipinski definition) is 0. The highest BCUT2D eigenvalue weighted by Crippen LogP contribution is 2.55. The van der Waals surface area contributed by atoms with Gasteiger partial charge >= 0.3 is 0 Å². The Bertz CT molecular complexity index is 3700. The maximum absolute atomic E-state index is 2.55. The Morgan fingerprint density at radius 3 is 1.29 bits per heavy atom. The average molecular weight is 771 g/mol. The molecule has 0 saturated heterocycles. The molecule has 2 atom stereocenters. The fourth-order valence-electron chi connectivity index (χ4n) is 10.8. The summed E-state index contributed by atoms with van der Waals surface area (Å²) in [7, 11) is -1.01. The Kier molecular flexibility index (Phi) is 6.78. The van der Waals surface area contributed by atoms with Gasteiger partial charge in [0, 0.05) is 20.5 Å². The molecular formula is C56H36P2. The van der Waals surface area contributed by atoms with Crippen molar-refractivity contribution < 1.29 is 0 Å². The van der Waals surface area contributed by atoms with Crippen molar-refractivity contribution in [2.45, 2.75) is 0 Å². The van der Waals surface area contributed by atoms with Gasteiger partial charge in [-0.25, -0.2) is 0 Å². The fraction of sp³-hybridized carbons (Fsp3) is 0.0357. The smallest absolute Gasteiger partial charge is 0.00996 e. The molecule has 0 amide bonds. The predicted molar refractivity (Wildman–Crippen MR) is 259 cm³/mol. The van der Waals surface area contributed by atoms with Crippen molar-refractivity contribution in [3.05, 3.63) is 182 Å². The number of rotatable bonds is 3. The summed E-state index contributed by atoms with van der Waals surface area (Å²) in [5.74, 6) is 0. The zero-order valence-electron chi connectivity index (χ0n) is 32.2. The van der Waals surface area contributed by atoms with Crippen LogP contribution in [0.4, 0.5) is 0 Å². The van der Waals surface area contributed by atoms with Crippen LogP contribution < -0.4 is 0 Å². The Morgan fingerprint density at radius 2 is 0.707 bits per heavy atom. The first-order valence-electron chi connectivity index (χ1n) is 20.2. The van der Waals surface area contributed by atoms with E-state index in [0.29, 0.717) is 0 Å². The van der Waals surface area contributed by atoms with Crippen molar-refractivity contribution in [2.24, 2.45) is 13.3 Å². The summed E-state index contributed by atoms with van der Waals surface area (Å²) in [6.45, 7) is 4.91. The van der Waals surface area contributed by atoms with E-state index in [-0.39, 0.29) is 0 Å². The normalized spacial score (nSPS) is 12.9. The second-order valence-corrected chi connectivity index (χ2v) is 20.2. The minimum atomic E-state index is -0.504. The SMILES string of the molecule is Cp1c2ccccc2c2cccc(-c3cccc4c(-c5cc6cccc7ccc8cccc5c8c76)c5cccc(-c6cccc7c8ccccc8p(C)c67)c5cc34)c21. The molecule has 2 aromatic heterocycles. The van der Waals surface area contributed by atoms with E-state index in [4.69, 9.17) is 0 Å². The molecule has 0 aliphatic carbocycles. The highest BCUT2D eigenvalue weighted by Gasteiger charge is 2.22. The third-order valence-corrected chi connectivity index (χ3v) is 17.8. The fourth-order valence-corrected chi connectivity index (χ4v) is 15.2. The van der Waals surface area contributed by atoms with Gasteiger partial charge in [0.15, 0.2) is 0 Å². The molecule has 0 fully saturated rings. The highest BCUT2D eigenvalue weighted by atomic mass is 31.1. The van der Waals surface area contributed by atoms with E-state index in [1.165, 1.54) is 129 Å². The van der Waals surface area contributed by atoms with Gasteiger partial charge in [0.25, 0.3) is 0 Å². The molecule has 58 heavy (non-hydrogen) atoms. The maximum atomic E-state index is 2.55. The van der Waals surface area contributed by atoms with E-state index in [2.05, 4.69) is 195 Å². The number of aryl methyl sites for hydroxylation is 2. The van der Waals surface area contributed by atoms with Crippen molar-refractivity contribution in [1.29, 1.82) is 0 Å². The molecule has 0 nitrogen and oxygen atoms in total. The van der Waals surface area contributed by atoms with Crippen LogP contribution >= 0.6 is 15.1 Å². The molecular weight excluding hydrogens is 735 g/mol. The summed E-state index contributed by atoms with van der Waals surface area (Å²) in [6, 6.07) is 69.6. The van der Waals surface area contributed by atoms with Gasteiger partial charge in [0.05, 0.1) is 0 Å². The van der Waals surface area contributed by atoms with Gasteiger partial charge in [-0.2, -0.15) is 0 Å². The van der Waals surface area contributed by atoms with Crippen molar-refractivity contribution in [2.75, 3.05) is 0 Å². The Hall–Kier alpha value is -6.42. The van der Waals surface area contributed by atoms with Crippen LogP contribution in [-0.2, 0) is 13.3 Å². The molecule has 0 aliphatic heterocycles. The Labute approximate surface area is 338 Å². The molecule has 2 heteroatoms. The molecule has 11 aromatic carbocycles. The minimum Gasteiger partial charge on any atom is -0.111 e. The van der Waals surface area contributed by atoms with Gasteiger partial charge < -0.3 is 0 Å². The van der Waals surface area contributed by atoms with Crippen LogP contribution in [-0.4, -0.2) is 0 Å². The van der Waals surface area contributed by atoms with E-state index < -0.39 is 15.1 Å². The number of benzene rings is 11. The van der Waals surface area contributed by atoms with Gasteiger partial charge in [-0.15, -0.1) is 15.1 Å². The molecule has 0 saturated carbocycles. The van der Waals surface area contributed by atoms with E-state index in [9.17, 15) is 0 Å². The molecule has 0 spiro atoms. The number of hydrogen-bond acceptors (Lipinski definition) is 0. The maximum Gasteiger partial charge on any atom is 0.00996 e. The second-order valence-electron chi connectivity index (χ2n) is 16.1. The lowest BCUT2D eigenvalue weighted by atomic mass is 9.83. The lowest BCUT2D eigenvalue weighted by molar-refractivity contribution is 1.69. The second kappa shape index (κ2) is 12.0. The van der Waals surface area contributed by atoms with Crippen LogP contribution in [0.15, 0.2) is 182 Å². The molecule has 0 radical (unpaired) electrons. The molecule has 0 aliphatic rings. The van der Waals surface area contributed by atoms with Gasteiger partial charge in [0.1, 0.15) is 0 Å². The van der Waals surface area contributed by atoms with Gasteiger partial charge in [0.2, 0.25) is 0 Å². The Balaban J connectivity index is 1.22. The van der Waals surface area contributed by atoms with Crippen molar-refractivity contribution in [3.63, 3.8) is 0 Å². The van der Waals surface area contributed by atoms with Crippen LogP contribution in [0.5, 0.6) is 0 Å². The monoisotopic (exact) mass is 770 g/mol. The van der Waals surface area contributed by atoms with Crippen LogP contribution in [0, 0.1) is 0 Å². The topological polar surface area (TPSA) is 0 Å². The minimum absolute atomic E-state index is 0.504. The lowest BCUT2D eigenvalue weighted by Crippen LogP contribution is -1.93. The zero-order chi connectivity index (χ0) is 38.2. The molecule has 2 heterocycles. The van der Waals surface area contributed by atoms with Crippen LogP contribution in [0.2, 0.25) is 0 Å². The quantitative estimate of drug-likeness (QED) is 0.124. The number of fused-ring (bicyclic) bond motifs is 8. The Morgan fingerprint density at radius 1 is 0.276 bits per heavy atom. The molecule has 0 N–H and O–H groups in total. The molecule has 2 unspecified atom stereocenters. The van der Waals surface area contributed by atoms with E-state index in [0.717, 1.165) is 0 Å². The summed E-state index contributed by atoms with van der Waals surface area (Å²) in [5.41, 5.74) is 7.97. The van der Waals surface area contributed by atoms with Gasteiger partial charge in [-0.05, 0) is 134 Å². The summed E-state index contributed by atoms with van der Waals surface area (Å²) in [6.07, 6.45) is 0.